The first-order chi connectivity index (χ1) is 24.8. The maximum absolute atomic E-state index is 4.14. The van der Waals surface area contributed by atoms with E-state index in [0.717, 1.165) is 35.5 Å². The summed E-state index contributed by atoms with van der Waals surface area (Å²) in [6, 6.07) is 14.1. The number of rotatable bonds is 9. The summed E-state index contributed by atoms with van der Waals surface area (Å²) in [5.41, 5.74) is 3.83. The quantitative estimate of drug-likeness (QED) is 0.150. The van der Waals surface area contributed by atoms with Crippen molar-refractivity contribution < 1.29 is 17.1 Å². The Balaban J connectivity index is 0.000000618. The Labute approximate surface area is 341 Å². The van der Waals surface area contributed by atoms with Gasteiger partial charge in [0.1, 0.15) is 0 Å². The molecule has 2 aliphatic heterocycles. The van der Waals surface area contributed by atoms with E-state index in [9.17, 15) is 0 Å². The van der Waals surface area contributed by atoms with Gasteiger partial charge in [-0.05, 0) is 173 Å². The third-order valence-corrected chi connectivity index (χ3v) is 26.0. The molecule has 2 saturated heterocycles. The van der Waals surface area contributed by atoms with E-state index >= 15 is 0 Å². The van der Waals surface area contributed by atoms with Gasteiger partial charge in [-0.2, -0.15) is 39.7 Å². The van der Waals surface area contributed by atoms with Crippen LogP contribution in [0.3, 0.4) is 0 Å². The Morgan fingerprint density at radius 1 is 0.736 bits per heavy atom. The summed E-state index contributed by atoms with van der Waals surface area (Å²) in [4.78, 5) is 0. The first-order valence-corrected chi connectivity index (χ1v) is 31.4. The molecule has 0 amide bonds. The summed E-state index contributed by atoms with van der Waals surface area (Å²) in [5.74, 6) is 6.41. The van der Waals surface area contributed by atoms with Crippen LogP contribution in [-0.4, -0.2) is 51.6 Å². The molecule has 8 bridgehead atoms. The van der Waals surface area contributed by atoms with E-state index < -0.39 is 16.1 Å². The van der Waals surface area contributed by atoms with E-state index in [2.05, 4.69) is 65.2 Å². The normalized spacial score (nSPS) is 40.1. The molecule has 294 valence electrons. The standard InChI is InChI=1S/C41H69N2P2Si2.C5H5.Fe/c1-46(2,3)35-19-34(41(44,36-9-7-11-42-36)37-10-8-12-43-37)33(38(35)47(4,5)6)26-45(39-20-27-13-28(21-39)15-29(14-27)22-39)40-23-30-16-31(24-40)18-32(17-30)25-40;1-2-4-5-3-1;/h19,27-32,36-37,42-43H,7-18,20-26,44H2,1-6H3;1-5H;/q2*-1;+2. The molecule has 12 rings (SSSR count). The largest absolute Gasteiger partial charge is 2.00 e. The predicted octanol–water partition coefficient (Wildman–Crippen LogP) is 10.4. The van der Waals surface area contributed by atoms with Gasteiger partial charge in [0.05, 0.1) is 8.07 Å². The van der Waals surface area contributed by atoms with Gasteiger partial charge in [-0.3, -0.25) is 0 Å². The molecule has 0 spiro atoms. The summed E-state index contributed by atoms with van der Waals surface area (Å²) in [6.07, 6.45) is 26.3. The van der Waals surface area contributed by atoms with Crippen molar-refractivity contribution in [2.24, 2.45) is 35.5 Å². The van der Waals surface area contributed by atoms with Gasteiger partial charge >= 0.3 is 17.1 Å². The van der Waals surface area contributed by atoms with Gasteiger partial charge < -0.3 is 10.6 Å². The molecule has 10 fully saturated rings. The van der Waals surface area contributed by atoms with E-state index in [1.165, 1.54) is 44.9 Å². The van der Waals surface area contributed by atoms with Crippen LogP contribution in [-0.2, 0) is 28.4 Å². The van der Waals surface area contributed by atoms with Crippen molar-refractivity contribution in [1.29, 1.82) is 0 Å². The van der Waals surface area contributed by atoms with Crippen LogP contribution in [0.5, 0.6) is 0 Å². The molecule has 3 unspecified atom stereocenters. The molecule has 2 nitrogen and oxygen atoms in total. The molecule has 2 aromatic rings. The summed E-state index contributed by atoms with van der Waals surface area (Å²) in [6.45, 7) is 18.7. The van der Waals surface area contributed by atoms with Gasteiger partial charge in [0.2, 0.25) is 0 Å². The number of hydrogen-bond donors (Lipinski definition) is 2. The van der Waals surface area contributed by atoms with Gasteiger partial charge in [-0.1, -0.05) is 47.2 Å². The first kappa shape index (κ1) is 40.2. The van der Waals surface area contributed by atoms with Gasteiger partial charge in [-0.15, -0.1) is 9.24 Å². The third-order valence-electron chi connectivity index (χ3n) is 16.5. The van der Waals surface area contributed by atoms with Crippen molar-refractivity contribution in [1.82, 2.24) is 10.6 Å². The predicted molar refractivity (Wildman–Crippen MR) is 236 cm³/mol. The minimum absolute atomic E-state index is 0. The Morgan fingerprint density at radius 3 is 1.45 bits per heavy atom. The molecule has 8 aliphatic carbocycles. The van der Waals surface area contributed by atoms with Crippen molar-refractivity contribution >= 4 is 43.7 Å². The zero-order chi connectivity index (χ0) is 36.1. The van der Waals surface area contributed by atoms with E-state index in [1.54, 1.807) is 77.0 Å². The van der Waals surface area contributed by atoms with E-state index in [-0.39, 0.29) is 30.1 Å². The molecular formula is C46H74FeN2P2Si2. The number of nitrogens with one attached hydrogen (secondary N) is 2. The Kier molecular flexibility index (Phi) is 11.3. The minimum Gasteiger partial charge on any atom is -0.314 e. The maximum atomic E-state index is 4.14. The van der Waals surface area contributed by atoms with Gasteiger partial charge in [-0.25, -0.2) is 18.2 Å². The van der Waals surface area contributed by atoms with Crippen LogP contribution in [0.4, 0.5) is 0 Å². The maximum Gasteiger partial charge on any atom is 2.00 e. The van der Waals surface area contributed by atoms with Crippen LogP contribution in [0, 0.1) is 35.5 Å². The number of hydrogen-bond acceptors (Lipinski definition) is 2. The van der Waals surface area contributed by atoms with Crippen molar-refractivity contribution in [3.05, 3.63) is 47.5 Å². The van der Waals surface area contributed by atoms with E-state index in [4.69, 9.17) is 0 Å². The van der Waals surface area contributed by atoms with E-state index in [0.29, 0.717) is 22.4 Å². The van der Waals surface area contributed by atoms with Crippen molar-refractivity contribution in [3.8, 4) is 0 Å². The molecule has 2 aromatic carbocycles. The van der Waals surface area contributed by atoms with Crippen LogP contribution in [0.15, 0.2) is 36.4 Å². The molecule has 0 radical (unpaired) electrons. The Morgan fingerprint density at radius 2 is 1.15 bits per heavy atom. The monoisotopic (exact) mass is 828 g/mol. The smallest absolute Gasteiger partial charge is 0.314 e. The second-order valence-electron chi connectivity index (χ2n) is 22.4. The van der Waals surface area contributed by atoms with Crippen molar-refractivity contribution in [2.45, 2.75) is 176 Å². The van der Waals surface area contributed by atoms with Crippen LogP contribution in [0.2, 0.25) is 39.3 Å². The fraction of sp³-hybridized carbons (Fsp3) is 0.783. The summed E-state index contributed by atoms with van der Waals surface area (Å²) >= 11 is 0. The molecule has 3 atom stereocenters. The topological polar surface area (TPSA) is 24.1 Å². The summed E-state index contributed by atoms with van der Waals surface area (Å²) in [7, 11) is 0.435. The second-order valence-corrected chi connectivity index (χ2v) is 36.5. The molecule has 2 N–H and O–H groups in total. The van der Waals surface area contributed by atoms with Crippen LogP contribution >= 0.6 is 17.2 Å². The fourth-order valence-corrected chi connectivity index (χ4v) is 27.4. The second kappa shape index (κ2) is 14.9. The molecule has 10 aliphatic rings. The van der Waals surface area contributed by atoms with Gasteiger partial charge in [0, 0.05) is 20.2 Å². The van der Waals surface area contributed by atoms with Crippen molar-refractivity contribution in [2.75, 3.05) is 13.1 Å². The summed E-state index contributed by atoms with van der Waals surface area (Å²) in [5, 5.41) is 13.7. The SMILES string of the molecule is C[Si](C)(C)c1cc(C(P)(C2CCCN2)C2CCCN2)c(CP(C23CC4CC(CC(C4)C2)C3)C23CC4CC(CC(C4)C2)C3)[c-]1[Si](C)(C)C.[Fe+2].c1cc[cH-]c1. The van der Waals surface area contributed by atoms with Crippen LogP contribution < -0.4 is 21.0 Å². The van der Waals surface area contributed by atoms with Crippen LogP contribution in [0.25, 0.3) is 0 Å². The average Bonchev–Trinajstić information content (AvgIpc) is 3.89. The molecular weight excluding hydrogens is 754 g/mol. The fourth-order valence-electron chi connectivity index (χ4n) is 15.5. The van der Waals surface area contributed by atoms with Gasteiger partial charge in [0.15, 0.2) is 0 Å². The van der Waals surface area contributed by atoms with Crippen molar-refractivity contribution in [3.63, 3.8) is 0 Å². The average molecular weight is 829 g/mol. The molecule has 0 aromatic heterocycles. The minimum atomic E-state index is -1.62. The molecule has 7 heteroatoms. The Hall–Kier alpha value is 0.433. The summed E-state index contributed by atoms with van der Waals surface area (Å²) < 4.78 is 0. The third kappa shape index (κ3) is 7.27. The van der Waals surface area contributed by atoms with Crippen LogP contribution in [0.1, 0.15) is 114 Å². The van der Waals surface area contributed by atoms with Gasteiger partial charge in [0.25, 0.3) is 0 Å². The Bertz CT molecular complexity index is 1410. The molecule has 8 saturated carbocycles. The van der Waals surface area contributed by atoms with E-state index in [1.807, 2.05) is 51.8 Å². The first-order valence-electron chi connectivity index (χ1n) is 22.3. The zero-order valence-corrected chi connectivity index (χ0v) is 39.5. The molecule has 53 heavy (non-hydrogen) atoms. The molecule has 2 heterocycles. The zero-order valence-electron chi connectivity index (χ0n) is 34.4.